The molecule has 0 spiro atoms. The molecule has 1 heterocycles. The van der Waals surface area contributed by atoms with E-state index in [0.717, 1.165) is 11.3 Å². The van der Waals surface area contributed by atoms with Crippen molar-refractivity contribution in [2.45, 2.75) is 10.1 Å². The second-order valence-electron chi connectivity index (χ2n) is 5.81. The van der Waals surface area contributed by atoms with Gasteiger partial charge in [0.2, 0.25) is 11.8 Å². The minimum Gasteiger partial charge on any atom is -0.369 e. The lowest BCUT2D eigenvalue weighted by Gasteiger charge is -2.05. The first-order chi connectivity index (χ1) is 13.6. The van der Waals surface area contributed by atoms with E-state index in [1.165, 1.54) is 28.7 Å². The maximum absolute atomic E-state index is 12.4. The molecule has 2 amide bonds. The summed E-state index contributed by atoms with van der Waals surface area (Å²) in [6.07, 6.45) is 0. The van der Waals surface area contributed by atoms with Crippen molar-refractivity contribution in [3.63, 3.8) is 0 Å². The van der Waals surface area contributed by atoms with Gasteiger partial charge in [0.15, 0.2) is 4.34 Å². The third-order valence-corrected chi connectivity index (χ3v) is 6.73. The third kappa shape index (κ3) is 6.12. The summed E-state index contributed by atoms with van der Waals surface area (Å²) in [7, 11) is 0. The number of aromatic nitrogens is 1. The number of nitrogens with two attached hydrogens (primary N) is 1. The first-order valence-electron chi connectivity index (χ1n) is 8.50. The van der Waals surface area contributed by atoms with Gasteiger partial charge in [-0.15, -0.1) is 11.8 Å². The quantitative estimate of drug-likeness (QED) is 0.497. The lowest BCUT2D eigenvalue weighted by Crippen LogP contribution is -2.13. The first kappa shape index (κ1) is 20.4. The highest BCUT2D eigenvalue weighted by atomic mass is 32.2. The van der Waals surface area contributed by atoms with Gasteiger partial charge in [-0.2, -0.15) is 0 Å². The summed E-state index contributed by atoms with van der Waals surface area (Å²) in [5.74, 6) is 0.812. The SMILES string of the molecule is NC(=O)CSc1nc(-c2ccccc2)c(NC(=O)CSCc2ccccc2)s1. The lowest BCUT2D eigenvalue weighted by atomic mass is 10.2. The second kappa shape index (κ2) is 10.3. The van der Waals surface area contributed by atoms with Crippen LogP contribution in [0.2, 0.25) is 0 Å². The van der Waals surface area contributed by atoms with Crippen molar-refractivity contribution in [3.05, 3.63) is 66.2 Å². The number of thiazole rings is 1. The normalized spacial score (nSPS) is 10.6. The van der Waals surface area contributed by atoms with Crippen LogP contribution in [0, 0.1) is 0 Å². The summed E-state index contributed by atoms with van der Waals surface area (Å²) in [5, 5.41) is 3.65. The number of amides is 2. The number of carbonyl (C=O) groups is 2. The van der Waals surface area contributed by atoms with E-state index in [1.807, 2.05) is 60.7 Å². The van der Waals surface area contributed by atoms with Gasteiger partial charge in [-0.25, -0.2) is 4.98 Å². The van der Waals surface area contributed by atoms with Crippen LogP contribution >= 0.6 is 34.9 Å². The molecule has 0 radical (unpaired) electrons. The van der Waals surface area contributed by atoms with Crippen LogP contribution in [0.1, 0.15) is 5.56 Å². The van der Waals surface area contributed by atoms with Crippen LogP contribution < -0.4 is 11.1 Å². The number of nitrogens with one attached hydrogen (secondary N) is 1. The van der Waals surface area contributed by atoms with Gasteiger partial charge in [-0.3, -0.25) is 9.59 Å². The van der Waals surface area contributed by atoms with E-state index in [2.05, 4.69) is 10.3 Å². The van der Waals surface area contributed by atoms with E-state index >= 15 is 0 Å². The van der Waals surface area contributed by atoms with E-state index < -0.39 is 5.91 Å². The zero-order chi connectivity index (χ0) is 19.8. The summed E-state index contributed by atoms with van der Waals surface area (Å²) in [6, 6.07) is 19.7. The Balaban J connectivity index is 1.66. The number of nitrogens with zero attached hydrogens (tertiary/aromatic N) is 1. The van der Waals surface area contributed by atoms with Crippen molar-refractivity contribution in [3.8, 4) is 11.3 Å². The molecular formula is C20H19N3O2S3. The van der Waals surface area contributed by atoms with Crippen molar-refractivity contribution >= 4 is 51.7 Å². The molecule has 0 atom stereocenters. The van der Waals surface area contributed by atoms with E-state index in [9.17, 15) is 9.59 Å². The van der Waals surface area contributed by atoms with E-state index in [-0.39, 0.29) is 11.7 Å². The van der Waals surface area contributed by atoms with Gasteiger partial charge < -0.3 is 11.1 Å². The lowest BCUT2D eigenvalue weighted by molar-refractivity contribution is -0.115. The van der Waals surface area contributed by atoms with Gasteiger partial charge in [0.1, 0.15) is 10.7 Å². The smallest absolute Gasteiger partial charge is 0.235 e. The van der Waals surface area contributed by atoms with Crippen LogP contribution in [-0.2, 0) is 15.3 Å². The number of primary amides is 1. The van der Waals surface area contributed by atoms with Gasteiger partial charge in [0, 0.05) is 11.3 Å². The highest BCUT2D eigenvalue weighted by molar-refractivity contribution is 8.01. The first-order valence-corrected chi connectivity index (χ1v) is 11.5. The number of thioether (sulfide) groups is 2. The average molecular weight is 430 g/mol. The molecule has 3 rings (SSSR count). The second-order valence-corrected chi connectivity index (χ2v) is 9.01. The Morgan fingerprint density at radius 2 is 1.68 bits per heavy atom. The van der Waals surface area contributed by atoms with Crippen LogP contribution in [-0.4, -0.2) is 28.3 Å². The molecule has 0 saturated carbocycles. The summed E-state index contributed by atoms with van der Waals surface area (Å²) < 4.78 is 0.699. The summed E-state index contributed by atoms with van der Waals surface area (Å²) in [5.41, 5.74) is 8.03. The van der Waals surface area contributed by atoms with Crippen molar-refractivity contribution in [2.75, 3.05) is 16.8 Å². The Hall–Kier alpha value is -2.29. The molecule has 2 aromatic carbocycles. The fourth-order valence-corrected chi connectivity index (χ4v) is 4.98. The molecule has 8 heteroatoms. The summed E-state index contributed by atoms with van der Waals surface area (Å²) in [4.78, 5) is 28.1. The minimum absolute atomic E-state index is 0.0757. The number of hydrogen-bond acceptors (Lipinski definition) is 6. The highest BCUT2D eigenvalue weighted by Gasteiger charge is 2.16. The molecular weight excluding hydrogens is 410 g/mol. The number of carbonyl (C=O) groups excluding carboxylic acids is 2. The van der Waals surface area contributed by atoms with Crippen LogP contribution in [0.3, 0.4) is 0 Å². The molecule has 5 nitrogen and oxygen atoms in total. The average Bonchev–Trinajstić information content (AvgIpc) is 3.10. The molecule has 0 unspecified atom stereocenters. The molecule has 0 saturated heterocycles. The van der Waals surface area contributed by atoms with E-state index in [4.69, 9.17) is 5.73 Å². The Bertz CT molecular complexity index is 930. The van der Waals surface area contributed by atoms with Crippen LogP contribution in [0.25, 0.3) is 11.3 Å². The standard InChI is InChI=1S/C20H19N3O2S3/c21-16(24)12-27-20-23-18(15-9-5-2-6-10-15)19(28-20)22-17(25)13-26-11-14-7-3-1-4-8-14/h1-10H,11-13H2,(H2,21,24)(H,22,25). The van der Waals surface area contributed by atoms with Crippen molar-refractivity contribution in [2.24, 2.45) is 5.73 Å². The van der Waals surface area contributed by atoms with Gasteiger partial charge >= 0.3 is 0 Å². The minimum atomic E-state index is -0.399. The molecule has 0 bridgehead atoms. The van der Waals surface area contributed by atoms with Gasteiger partial charge in [0.05, 0.1) is 11.5 Å². The highest BCUT2D eigenvalue weighted by Crippen LogP contribution is 2.37. The molecule has 28 heavy (non-hydrogen) atoms. The van der Waals surface area contributed by atoms with E-state index in [0.29, 0.717) is 20.8 Å². The van der Waals surface area contributed by atoms with E-state index in [1.54, 1.807) is 11.8 Å². The predicted octanol–water partition coefficient (Wildman–Crippen LogP) is 4.26. The molecule has 144 valence electrons. The summed E-state index contributed by atoms with van der Waals surface area (Å²) in [6.45, 7) is 0. The Labute approximate surface area is 176 Å². The molecule has 0 aliphatic heterocycles. The fraction of sp³-hybridized carbons (Fsp3) is 0.150. The molecule has 0 aliphatic rings. The molecule has 3 aromatic rings. The zero-order valence-corrected chi connectivity index (χ0v) is 17.4. The maximum atomic E-state index is 12.4. The Kier molecular flexibility index (Phi) is 7.53. The molecule has 0 aliphatic carbocycles. The van der Waals surface area contributed by atoms with Crippen LogP contribution in [0.4, 0.5) is 5.00 Å². The fourth-order valence-electron chi connectivity index (χ4n) is 2.37. The predicted molar refractivity (Wildman–Crippen MR) is 119 cm³/mol. The summed E-state index contributed by atoms with van der Waals surface area (Å²) >= 11 is 4.20. The van der Waals surface area contributed by atoms with Gasteiger partial charge in [-0.05, 0) is 5.56 Å². The maximum Gasteiger partial charge on any atom is 0.235 e. The van der Waals surface area contributed by atoms with Crippen molar-refractivity contribution in [1.82, 2.24) is 4.98 Å². The van der Waals surface area contributed by atoms with Gasteiger partial charge in [-0.1, -0.05) is 83.8 Å². The number of hydrogen-bond donors (Lipinski definition) is 2. The molecule has 3 N–H and O–H groups in total. The Morgan fingerprint density at radius 3 is 2.36 bits per heavy atom. The monoisotopic (exact) mass is 429 g/mol. The molecule has 1 aromatic heterocycles. The van der Waals surface area contributed by atoms with Crippen molar-refractivity contribution < 1.29 is 9.59 Å². The number of benzene rings is 2. The van der Waals surface area contributed by atoms with Crippen LogP contribution in [0.5, 0.6) is 0 Å². The molecule has 0 fully saturated rings. The zero-order valence-electron chi connectivity index (χ0n) is 15.0. The topological polar surface area (TPSA) is 85.1 Å². The third-order valence-electron chi connectivity index (χ3n) is 3.59. The number of rotatable bonds is 9. The van der Waals surface area contributed by atoms with Gasteiger partial charge in [0.25, 0.3) is 0 Å². The largest absolute Gasteiger partial charge is 0.369 e. The Morgan fingerprint density at radius 1 is 1.00 bits per heavy atom. The van der Waals surface area contributed by atoms with Crippen LogP contribution in [0.15, 0.2) is 65.0 Å². The number of anilines is 1. The van der Waals surface area contributed by atoms with Crippen molar-refractivity contribution in [1.29, 1.82) is 0 Å².